The van der Waals surface area contributed by atoms with E-state index in [1.54, 1.807) is 0 Å². The summed E-state index contributed by atoms with van der Waals surface area (Å²) in [6, 6.07) is 0.440. The molecule has 0 unspecified atom stereocenters. The molecule has 12 heteroatoms. The average Bonchev–Trinajstić information content (AvgIpc) is 3.26. The molecule has 0 saturated carbocycles. The number of nitrogens with one attached hydrogen (secondary N) is 2. The number of hydrogen-bond acceptors (Lipinski definition) is 9. The maximum Gasteiger partial charge on any atom is 0.315 e. The lowest BCUT2D eigenvalue weighted by Gasteiger charge is -2.16. The van der Waals surface area contributed by atoms with Crippen LogP contribution in [0, 0.1) is 0 Å². The van der Waals surface area contributed by atoms with E-state index in [1.165, 1.54) is 0 Å². The van der Waals surface area contributed by atoms with Crippen LogP contribution in [0.4, 0.5) is 4.79 Å². The van der Waals surface area contributed by atoms with Crippen LogP contribution in [0.15, 0.2) is 0 Å². The van der Waals surface area contributed by atoms with Gasteiger partial charge >= 0.3 is 12.0 Å². The van der Waals surface area contributed by atoms with Crippen molar-refractivity contribution in [2.24, 2.45) is 5.90 Å². The Labute approximate surface area is 181 Å². The molecule has 176 valence electrons. The lowest BCUT2D eigenvalue weighted by molar-refractivity contribution is -0.137. The van der Waals surface area contributed by atoms with Crippen LogP contribution in [-0.2, 0) is 23.8 Å². The number of amides is 2. The van der Waals surface area contributed by atoms with Gasteiger partial charge < -0.3 is 39.9 Å². The van der Waals surface area contributed by atoms with Crippen molar-refractivity contribution in [3.63, 3.8) is 0 Å². The van der Waals surface area contributed by atoms with Gasteiger partial charge in [-0.1, -0.05) is 6.42 Å². The number of ether oxygens (including phenoxy) is 3. The minimum Gasteiger partial charge on any atom is -0.481 e. The normalized spacial score (nSPS) is 22.1. The molecule has 0 spiro atoms. The highest BCUT2D eigenvalue weighted by atomic mass is 32.2. The second kappa shape index (κ2) is 17.5. The van der Waals surface area contributed by atoms with Crippen LogP contribution >= 0.6 is 11.8 Å². The molecule has 0 aromatic heterocycles. The molecule has 2 amide bonds. The van der Waals surface area contributed by atoms with Crippen molar-refractivity contribution >= 4 is 23.8 Å². The fraction of sp³-hybridized carbons (Fsp3) is 0.889. The van der Waals surface area contributed by atoms with Gasteiger partial charge in [-0.25, -0.2) is 10.7 Å². The zero-order chi connectivity index (χ0) is 22.0. The molecule has 0 aromatic rings. The summed E-state index contributed by atoms with van der Waals surface area (Å²) in [4.78, 5) is 25.8. The van der Waals surface area contributed by atoms with Gasteiger partial charge in [0.15, 0.2) is 0 Å². The Morgan fingerprint density at radius 2 is 1.67 bits per heavy atom. The Bertz CT molecular complexity index is 463. The van der Waals surface area contributed by atoms with E-state index >= 15 is 0 Å². The maximum absolute atomic E-state index is 11.1. The van der Waals surface area contributed by atoms with Crippen LogP contribution in [0.3, 0.4) is 0 Å². The lowest BCUT2D eigenvalue weighted by atomic mass is 10.0. The molecule has 2 aliphatic rings. The number of hydrogen-bond donors (Lipinski definition) is 5. The molecule has 30 heavy (non-hydrogen) atoms. The number of nitrogens with two attached hydrogens (primary N) is 1. The van der Waals surface area contributed by atoms with Gasteiger partial charge in [-0.2, -0.15) is 11.8 Å². The first-order valence-electron chi connectivity index (χ1n) is 10.1. The number of carbonyl (C=O) groups excluding carboxylic acids is 1. The Kier molecular flexibility index (Phi) is 15.7. The molecule has 0 bridgehead atoms. The van der Waals surface area contributed by atoms with Crippen LogP contribution in [0.2, 0.25) is 0 Å². The molecule has 11 nitrogen and oxygen atoms in total. The topological polar surface area (TPSA) is 162 Å². The van der Waals surface area contributed by atoms with Crippen LogP contribution in [-0.4, -0.2) is 98.2 Å². The first kappa shape index (κ1) is 26.9. The molecule has 2 rings (SSSR count). The van der Waals surface area contributed by atoms with Crippen molar-refractivity contribution in [3.05, 3.63) is 0 Å². The van der Waals surface area contributed by atoms with Crippen LogP contribution < -0.4 is 16.5 Å². The molecule has 2 fully saturated rings. The number of thioether (sulfide) groups is 1. The summed E-state index contributed by atoms with van der Waals surface area (Å²) in [6.07, 6.45) is 2.88. The quantitative estimate of drug-likeness (QED) is 0.119. The summed E-state index contributed by atoms with van der Waals surface area (Å²) < 4.78 is 15.2. The van der Waals surface area contributed by atoms with E-state index in [1.807, 2.05) is 11.8 Å². The first-order chi connectivity index (χ1) is 14.6. The second-order valence-electron chi connectivity index (χ2n) is 6.69. The number of carboxylic acids is 1. The maximum atomic E-state index is 11.1. The highest BCUT2D eigenvalue weighted by Gasteiger charge is 2.42. The Balaban J connectivity index is 0.000000304. The van der Waals surface area contributed by atoms with Gasteiger partial charge in [-0.05, 0) is 12.8 Å². The molecular weight excluding hydrogens is 418 g/mol. The molecule has 2 aliphatic heterocycles. The molecular formula is C18H35N3O8S. The van der Waals surface area contributed by atoms with E-state index in [4.69, 9.17) is 30.3 Å². The third-order valence-electron chi connectivity index (χ3n) is 4.39. The van der Waals surface area contributed by atoms with Crippen molar-refractivity contribution in [1.29, 1.82) is 0 Å². The minimum absolute atomic E-state index is 0.0438. The van der Waals surface area contributed by atoms with E-state index in [-0.39, 0.29) is 31.1 Å². The van der Waals surface area contributed by atoms with E-state index in [0.29, 0.717) is 51.5 Å². The predicted molar refractivity (Wildman–Crippen MR) is 111 cm³/mol. The SMILES string of the molecule is NOCCOCCOCCOCCO.O=C(O)CCCC[C@@H]1SC[C@@H]2NC(=O)N[C@@H]21. The van der Waals surface area contributed by atoms with Gasteiger partial charge in [0.1, 0.15) is 0 Å². The Morgan fingerprint density at radius 3 is 2.27 bits per heavy atom. The number of aliphatic hydroxyl groups is 1. The van der Waals surface area contributed by atoms with Gasteiger partial charge in [-0.15, -0.1) is 0 Å². The Morgan fingerprint density at radius 1 is 1.03 bits per heavy atom. The number of unbranched alkanes of at least 4 members (excludes halogenated alkanes) is 1. The number of aliphatic carboxylic acids is 1. The minimum atomic E-state index is -0.729. The van der Waals surface area contributed by atoms with Gasteiger partial charge in [0.05, 0.1) is 64.9 Å². The number of carboxylic acid groups (broad SMARTS) is 1. The highest BCUT2D eigenvalue weighted by molar-refractivity contribution is 8.00. The molecule has 2 saturated heterocycles. The second-order valence-corrected chi connectivity index (χ2v) is 7.97. The van der Waals surface area contributed by atoms with Crippen molar-refractivity contribution in [3.8, 4) is 0 Å². The standard InChI is InChI=1S/C10H16N2O3S.C8H19NO5/c13-8(14)4-2-1-3-7-9-6(5-16-7)11-10(15)12-9;9-14-8-7-13-6-5-12-4-3-11-2-1-10/h6-7,9H,1-5H2,(H,13,14)(H2,11,12,15);10H,1-9H2/t6-,7-,9-;/m0./s1. The number of aliphatic hydroxyl groups excluding tert-OH is 1. The zero-order valence-corrected chi connectivity index (χ0v) is 18.1. The van der Waals surface area contributed by atoms with Crippen molar-refractivity contribution < 1.29 is 38.9 Å². The number of carbonyl (C=O) groups is 2. The van der Waals surface area contributed by atoms with E-state index in [2.05, 4.69) is 15.5 Å². The van der Waals surface area contributed by atoms with Crippen molar-refractivity contribution in [1.82, 2.24) is 10.6 Å². The third kappa shape index (κ3) is 12.5. The fourth-order valence-electron chi connectivity index (χ4n) is 2.98. The number of urea groups is 1. The number of fused-ring (bicyclic) bond motifs is 1. The molecule has 0 radical (unpaired) electrons. The third-order valence-corrected chi connectivity index (χ3v) is 5.90. The zero-order valence-electron chi connectivity index (χ0n) is 17.3. The molecule has 0 aliphatic carbocycles. The molecule has 2 heterocycles. The van der Waals surface area contributed by atoms with E-state index in [9.17, 15) is 9.59 Å². The van der Waals surface area contributed by atoms with Gasteiger partial charge in [0.2, 0.25) is 0 Å². The molecule has 3 atom stereocenters. The summed E-state index contributed by atoms with van der Waals surface area (Å²) in [5, 5.41) is 23.2. The van der Waals surface area contributed by atoms with Gasteiger partial charge in [0, 0.05) is 17.4 Å². The first-order valence-corrected chi connectivity index (χ1v) is 11.2. The van der Waals surface area contributed by atoms with Crippen LogP contribution in [0.1, 0.15) is 25.7 Å². The van der Waals surface area contributed by atoms with Gasteiger partial charge in [-0.3, -0.25) is 4.79 Å². The summed E-state index contributed by atoms with van der Waals surface area (Å²) in [5.74, 6) is 5.03. The van der Waals surface area contributed by atoms with Crippen LogP contribution in [0.25, 0.3) is 0 Å². The largest absolute Gasteiger partial charge is 0.481 e. The fourth-order valence-corrected chi connectivity index (χ4v) is 4.52. The summed E-state index contributed by atoms with van der Waals surface area (Å²) >= 11 is 1.87. The number of rotatable bonds is 16. The summed E-state index contributed by atoms with van der Waals surface area (Å²) in [5.41, 5.74) is 0. The molecule has 6 N–H and O–H groups in total. The van der Waals surface area contributed by atoms with Crippen LogP contribution in [0.5, 0.6) is 0 Å². The van der Waals surface area contributed by atoms with Gasteiger partial charge in [0.25, 0.3) is 0 Å². The van der Waals surface area contributed by atoms with Crippen molar-refractivity contribution in [2.75, 3.05) is 58.6 Å². The summed E-state index contributed by atoms with van der Waals surface area (Å²) in [6.45, 7) is 3.30. The monoisotopic (exact) mass is 453 g/mol. The predicted octanol–water partition coefficient (Wildman–Crippen LogP) is -0.284. The smallest absolute Gasteiger partial charge is 0.315 e. The van der Waals surface area contributed by atoms with E-state index < -0.39 is 5.97 Å². The Hall–Kier alpha value is -1.15. The van der Waals surface area contributed by atoms with Crippen molar-refractivity contribution in [2.45, 2.75) is 43.0 Å². The average molecular weight is 454 g/mol. The molecule has 0 aromatic carbocycles. The van der Waals surface area contributed by atoms with E-state index in [0.717, 1.165) is 25.0 Å². The lowest BCUT2D eigenvalue weighted by Crippen LogP contribution is -2.36. The summed E-state index contributed by atoms with van der Waals surface area (Å²) in [7, 11) is 0. The highest BCUT2D eigenvalue weighted by Crippen LogP contribution is 2.33.